The summed E-state index contributed by atoms with van der Waals surface area (Å²) in [5, 5.41) is 43.4. The molecule has 1 saturated heterocycles. The predicted molar refractivity (Wildman–Crippen MR) is 147 cm³/mol. The number of aliphatic hydroxyl groups is 3. The standard InChI is InChI=1S/C30H35NO8/c1-13-9-19-18(7-8-20(32)24(19)21(10-13)36-5)25-22(39-30-28(35)27(34)26(33)16(4)38-30)12-17-11-14(2)31-15(3)23(17)29(25)37-6/h7-10,12,14,16,26-28,30,32-35H,11H2,1-6H3. The molecule has 2 aliphatic rings. The van der Waals surface area contributed by atoms with Gasteiger partial charge in [0.05, 0.1) is 37.3 Å². The van der Waals surface area contributed by atoms with E-state index in [0.717, 1.165) is 22.4 Å². The highest BCUT2D eigenvalue weighted by Gasteiger charge is 2.43. The third kappa shape index (κ3) is 4.59. The van der Waals surface area contributed by atoms with Crippen LogP contribution >= 0.6 is 0 Å². The molecule has 2 aliphatic heterocycles. The molecule has 6 unspecified atom stereocenters. The fraction of sp³-hybridized carbons (Fsp3) is 0.433. The van der Waals surface area contributed by atoms with Crippen LogP contribution in [0.2, 0.25) is 0 Å². The van der Waals surface area contributed by atoms with Crippen LogP contribution in [0.5, 0.6) is 23.0 Å². The van der Waals surface area contributed by atoms with Crippen molar-refractivity contribution in [3.8, 4) is 34.1 Å². The number of benzene rings is 3. The van der Waals surface area contributed by atoms with E-state index in [-0.39, 0.29) is 11.8 Å². The Morgan fingerprint density at radius 2 is 1.64 bits per heavy atom. The van der Waals surface area contributed by atoms with Crippen LogP contribution in [0.1, 0.15) is 37.5 Å². The van der Waals surface area contributed by atoms with Crippen LogP contribution in [0.4, 0.5) is 0 Å². The zero-order valence-corrected chi connectivity index (χ0v) is 22.9. The minimum atomic E-state index is -1.49. The van der Waals surface area contributed by atoms with Crippen molar-refractivity contribution in [1.82, 2.24) is 0 Å². The molecule has 6 atom stereocenters. The van der Waals surface area contributed by atoms with Gasteiger partial charge in [-0.1, -0.05) is 6.07 Å². The minimum Gasteiger partial charge on any atom is -0.507 e. The Hall–Kier alpha value is -3.37. The molecule has 4 N–H and O–H groups in total. The molecule has 208 valence electrons. The molecule has 0 bridgehead atoms. The molecule has 0 aromatic heterocycles. The first-order valence-corrected chi connectivity index (χ1v) is 13.0. The molecule has 3 aromatic carbocycles. The fourth-order valence-corrected chi connectivity index (χ4v) is 5.73. The topological polar surface area (TPSA) is 130 Å². The number of nitrogens with zero attached hydrogens (tertiary/aromatic N) is 1. The smallest absolute Gasteiger partial charge is 0.229 e. The van der Waals surface area contributed by atoms with Crippen LogP contribution in [0, 0.1) is 6.92 Å². The summed E-state index contributed by atoms with van der Waals surface area (Å²) < 4.78 is 23.8. The number of aliphatic hydroxyl groups excluding tert-OH is 3. The number of aryl methyl sites for hydroxylation is 1. The van der Waals surface area contributed by atoms with Gasteiger partial charge >= 0.3 is 0 Å². The van der Waals surface area contributed by atoms with Crippen molar-refractivity contribution in [3.05, 3.63) is 47.0 Å². The van der Waals surface area contributed by atoms with E-state index in [1.165, 1.54) is 0 Å². The molecule has 0 amide bonds. The van der Waals surface area contributed by atoms with Gasteiger partial charge in [0.1, 0.15) is 41.3 Å². The van der Waals surface area contributed by atoms with E-state index in [0.29, 0.717) is 45.6 Å². The van der Waals surface area contributed by atoms with Crippen LogP contribution in [0.25, 0.3) is 21.9 Å². The Bertz CT molecular complexity index is 1450. The van der Waals surface area contributed by atoms with Crippen LogP contribution in [-0.4, -0.2) is 77.1 Å². The highest BCUT2D eigenvalue weighted by Crippen LogP contribution is 2.49. The number of hydrogen-bond donors (Lipinski definition) is 4. The first-order chi connectivity index (χ1) is 18.5. The van der Waals surface area contributed by atoms with Crippen LogP contribution in [0.3, 0.4) is 0 Å². The van der Waals surface area contributed by atoms with Gasteiger partial charge in [-0.25, -0.2) is 0 Å². The molecule has 5 rings (SSSR count). The van der Waals surface area contributed by atoms with Gasteiger partial charge in [-0.05, 0) is 80.5 Å². The number of aromatic hydroxyl groups is 1. The number of hydrogen-bond acceptors (Lipinski definition) is 9. The third-order valence-corrected chi connectivity index (χ3v) is 7.56. The molecule has 39 heavy (non-hydrogen) atoms. The van der Waals surface area contributed by atoms with E-state index < -0.39 is 30.7 Å². The Kier molecular flexibility index (Phi) is 7.19. The normalized spacial score (nSPS) is 26.6. The maximum absolute atomic E-state index is 10.8. The molecule has 3 aromatic rings. The van der Waals surface area contributed by atoms with E-state index in [2.05, 4.69) is 0 Å². The van der Waals surface area contributed by atoms with Gasteiger partial charge in [0.25, 0.3) is 0 Å². The van der Waals surface area contributed by atoms with Gasteiger partial charge in [-0.15, -0.1) is 0 Å². The van der Waals surface area contributed by atoms with Gasteiger partial charge in [-0.3, -0.25) is 4.99 Å². The lowest BCUT2D eigenvalue weighted by molar-refractivity contribution is -0.268. The fourth-order valence-electron chi connectivity index (χ4n) is 5.73. The van der Waals surface area contributed by atoms with Gasteiger partial charge < -0.3 is 39.4 Å². The summed E-state index contributed by atoms with van der Waals surface area (Å²) in [6.07, 6.45) is -5.57. The Morgan fingerprint density at radius 1 is 0.897 bits per heavy atom. The van der Waals surface area contributed by atoms with Crippen molar-refractivity contribution in [1.29, 1.82) is 0 Å². The lowest BCUT2D eigenvalue weighted by Crippen LogP contribution is -2.58. The largest absolute Gasteiger partial charge is 0.507 e. The number of aliphatic imine (C=N–C) groups is 1. The molecular weight excluding hydrogens is 502 g/mol. The second-order valence-corrected chi connectivity index (χ2v) is 10.4. The zero-order valence-electron chi connectivity index (χ0n) is 22.9. The van der Waals surface area contributed by atoms with E-state index >= 15 is 0 Å². The van der Waals surface area contributed by atoms with E-state index in [9.17, 15) is 20.4 Å². The highest BCUT2D eigenvalue weighted by atomic mass is 16.7. The molecular formula is C30H35NO8. The van der Waals surface area contributed by atoms with Crippen molar-refractivity contribution < 1.29 is 39.4 Å². The summed E-state index contributed by atoms with van der Waals surface area (Å²) in [6.45, 7) is 7.52. The highest BCUT2D eigenvalue weighted by molar-refractivity contribution is 6.10. The van der Waals surface area contributed by atoms with Crippen LogP contribution < -0.4 is 14.2 Å². The van der Waals surface area contributed by atoms with Crippen molar-refractivity contribution in [2.45, 2.75) is 70.9 Å². The third-order valence-electron chi connectivity index (χ3n) is 7.56. The predicted octanol–water partition coefficient (Wildman–Crippen LogP) is 3.50. The molecule has 0 spiro atoms. The quantitative estimate of drug-likeness (QED) is 0.389. The first kappa shape index (κ1) is 27.2. The Balaban J connectivity index is 1.80. The molecule has 0 saturated carbocycles. The maximum atomic E-state index is 10.8. The minimum absolute atomic E-state index is 0.0517. The summed E-state index contributed by atoms with van der Waals surface area (Å²) in [7, 11) is 3.13. The number of phenolic OH excluding ortho intramolecular Hbond substituents is 1. The van der Waals surface area contributed by atoms with Crippen molar-refractivity contribution in [3.63, 3.8) is 0 Å². The summed E-state index contributed by atoms with van der Waals surface area (Å²) in [6, 6.07) is 9.13. The first-order valence-electron chi connectivity index (χ1n) is 13.0. The van der Waals surface area contributed by atoms with Crippen molar-refractivity contribution in [2.24, 2.45) is 4.99 Å². The SMILES string of the molecule is COc1c2c(cc(OC3OC(C)C(O)C(O)C3O)c1-c1ccc(O)c3c(OC)cc(C)cc13)CC(C)N=C2C. The van der Waals surface area contributed by atoms with Gasteiger partial charge in [0, 0.05) is 11.3 Å². The van der Waals surface area contributed by atoms with E-state index in [4.69, 9.17) is 23.9 Å². The van der Waals surface area contributed by atoms with Gasteiger partial charge in [0.2, 0.25) is 6.29 Å². The maximum Gasteiger partial charge on any atom is 0.229 e. The molecule has 9 heteroatoms. The molecule has 2 heterocycles. The number of ether oxygens (including phenoxy) is 4. The second kappa shape index (κ2) is 10.3. The lowest BCUT2D eigenvalue weighted by atomic mass is 9.87. The summed E-state index contributed by atoms with van der Waals surface area (Å²) in [4.78, 5) is 4.78. The Labute approximate surface area is 227 Å². The number of methoxy groups -OCH3 is 2. The second-order valence-electron chi connectivity index (χ2n) is 10.4. The number of rotatable bonds is 5. The molecule has 1 fully saturated rings. The van der Waals surface area contributed by atoms with Crippen molar-refractivity contribution >= 4 is 16.5 Å². The van der Waals surface area contributed by atoms with Crippen LogP contribution in [-0.2, 0) is 11.2 Å². The zero-order chi connectivity index (χ0) is 28.2. The van der Waals surface area contributed by atoms with Crippen LogP contribution in [0.15, 0.2) is 35.3 Å². The average molecular weight is 538 g/mol. The molecule has 9 nitrogen and oxygen atoms in total. The van der Waals surface area contributed by atoms with E-state index in [1.807, 2.05) is 39.0 Å². The molecule has 0 aliphatic carbocycles. The van der Waals surface area contributed by atoms with E-state index in [1.54, 1.807) is 33.3 Å². The summed E-state index contributed by atoms with van der Waals surface area (Å²) >= 11 is 0. The lowest BCUT2D eigenvalue weighted by Gasteiger charge is -2.39. The van der Waals surface area contributed by atoms with Crippen molar-refractivity contribution in [2.75, 3.05) is 14.2 Å². The number of phenols is 1. The number of fused-ring (bicyclic) bond motifs is 2. The Morgan fingerprint density at radius 3 is 2.33 bits per heavy atom. The average Bonchev–Trinajstić information content (AvgIpc) is 2.89. The monoisotopic (exact) mass is 537 g/mol. The molecule has 0 radical (unpaired) electrons. The summed E-state index contributed by atoms with van der Waals surface area (Å²) in [5.74, 6) is 1.47. The summed E-state index contributed by atoms with van der Waals surface area (Å²) in [5.41, 5.74) is 4.83. The van der Waals surface area contributed by atoms with Gasteiger partial charge in [0.15, 0.2) is 0 Å². The van der Waals surface area contributed by atoms with Gasteiger partial charge in [-0.2, -0.15) is 0 Å².